The van der Waals surface area contributed by atoms with Crippen molar-refractivity contribution in [3.8, 4) is 0 Å². The molecule has 80 valence electrons. The maximum Gasteiger partial charge on any atom is 0.270 e. The molecule has 0 saturated heterocycles. The number of amides is 1. The van der Waals surface area contributed by atoms with Crippen LogP contribution in [0.2, 0.25) is 0 Å². The van der Waals surface area contributed by atoms with E-state index < -0.39 is 0 Å². The van der Waals surface area contributed by atoms with E-state index >= 15 is 0 Å². The Balaban J connectivity index is 2.01. The van der Waals surface area contributed by atoms with E-state index in [0.29, 0.717) is 17.4 Å². The minimum atomic E-state index is -0.116. The Kier molecular flexibility index (Phi) is 2.85. The molecule has 0 aromatic carbocycles. The average molecular weight is 205 g/mol. The van der Waals surface area contributed by atoms with Crippen LogP contribution in [0.4, 0.5) is 5.69 Å². The Morgan fingerprint density at radius 3 is 2.87 bits per heavy atom. The van der Waals surface area contributed by atoms with Gasteiger partial charge in [0, 0.05) is 17.9 Å². The highest BCUT2D eigenvalue weighted by Crippen LogP contribution is 2.18. The summed E-state index contributed by atoms with van der Waals surface area (Å²) in [5.74, 6) is -0.116. The summed E-state index contributed by atoms with van der Waals surface area (Å²) in [5, 5.41) is 2.97. The lowest BCUT2D eigenvalue weighted by Crippen LogP contribution is -2.33. The number of anilines is 1. The van der Waals surface area contributed by atoms with Crippen LogP contribution in [0.15, 0.2) is 18.3 Å². The minimum Gasteiger partial charge on any atom is -0.399 e. The number of hydrogen-bond acceptors (Lipinski definition) is 3. The van der Waals surface area contributed by atoms with E-state index in [-0.39, 0.29) is 5.91 Å². The van der Waals surface area contributed by atoms with E-state index in [0.717, 1.165) is 12.8 Å². The molecule has 0 unspecified atom stereocenters. The van der Waals surface area contributed by atoms with Gasteiger partial charge in [-0.15, -0.1) is 0 Å². The molecular formula is C11H15N3O. The second-order valence-electron chi connectivity index (χ2n) is 3.93. The van der Waals surface area contributed by atoms with Gasteiger partial charge in [0.2, 0.25) is 0 Å². The van der Waals surface area contributed by atoms with Crippen LogP contribution >= 0.6 is 0 Å². The normalized spacial score (nSPS) is 16.5. The van der Waals surface area contributed by atoms with Crippen molar-refractivity contribution >= 4 is 11.6 Å². The van der Waals surface area contributed by atoms with Crippen molar-refractivity contribution in [1.29, 1.82) is 0 Å². The highest BCUT2D eigenvalue weighted by atomic mass is 16.1. The summed E-state index contributed by atoms with van der Waals surface area (Å²) in [7, 11) is 0. The number of carbonyl (C=O) groups excluding carboxylic acids is 1. The van der Waals surface area contributed by atoms with Crippen molar-refractivity contribution in [2.24, 2.45) is 0 Å². The second-order valence-corrected chi connectivity index (χ2v) is 3.93. The fourth-order valence-corrected chi connectivity index (χ4v) is 1.90. The molecule has 0 radical (unpaired) electrons. The molecule has 4 nitrogen and oxygen atoms in total. The molecule has 3 N–H and O–H groups in total. The zero-order valence-electron chi connectivity index (χ0n) is 8.57. The van der Waals surface area contributed by atoms with E-state index in [1.54, 1.807) is 18.3 Å². The van der Waals surface area contributed by atoms with Crippen molar-refractivity contribution in [2.75, 3.05) is 5.73 Å². The van der Waals surface area contributed by atoms with Gasteiger partial charge in [-0.1, -0.05) is 12.8 Å². The van der Waals surface area contributed by atoms with Crippen molar-refractivity contribution in [2.45, 2.75) is 31.7 Å². The smallest absolute Gasteiger partial charge is 0.270 e. The first-order valence-corrected chi connectivity index (χ1v) is 5.28. The molecule has 0 atom stereocenters. The molecule has 2 rings (SSSR count). The summed E-state index contributed by atoms with van der Waals surface area (Å²) < 4.78 is 0. The third-order valence-electron chi connectivity index (χ3n) is 2.71. The Bertz CT molecular complexity index is 359. The van der Waals surface area contributed by atoms with Crippen LogP contribution in [0.25, 0.3) is 0 Å². The number of pyridine rings is 1. The number of nitrogens with one attached hydrogen (secondary N) is 1. The fourth-order valence-electron chi connectivity index (χ4n) is 1.90. The van der Waals surface area contributed by atoms with E-state index in [1.807, 2.05) is 0 Å². The van der Waals surface area contributed by atoms with Crippen molar-refractivity contribution in [3.63, 3.8) is 0 Å². The van der Waals surface area contributed by atoms with Crippen LogP contribution in [0.1, 0.15) is 36.2 Å². The Morgan fingerprint density at radius 2 is 2.20 bits per heavy atom. The first-order chi connectivity index (χ1) is 7.25. The Hall–Kier alpha value is -1.58. The molecule has 1 aliphatic carbocycles. The molecule has 1 amide bonds. The maximum absolute atomic E-state index is 11.7. The quantitative estimate of drug-likeness (QED) is 0.765. The van der Waals surface area contributed by atoms with Gasteiger partial charge in [-0.2, -0.15) is 0 Å². The number of nitrogens with two attached hydrogens (primary N) is 1. The third-order valence-corrected chi connectivity index (χ3v) is 2.71. The number of aromatic nitrogens is 1. The van der Waals surface area contributed by atoms with Crippen LogP contribution in [0.5, 0.6) is 0 Å². The molecule has 4 heteroatoms. The molecule has 1 aromatic rings. The van der Waals surface area contributed by atoms with Gasteiger partial charge in [0.25, 0.3) is 5.91 Å². The summed E-state index contributed by atoms with van der Waals surface area (Å²) >= 11 is 0. The summed E-state index contributed by atoms with van der Waals surface area (Å²) in [6.07, 6.45) is 6.12. The molecule has 15 heavy (non-hydrogen) atoms. The lowest BCUT2D eigenvalue weighted by molar-refractivity contribution is 0.0933. The van der Waals surface area contributed by atoms with Crippen LogP contribution < -0.4 is 11.1 Å². The van der Waals surface area contributed by atoms with Crippen molar-refractivity contribution in [3.05, 3.63) is 24.0 Å². The van der Waals surface area contributed by atoms with Gasteiger partial charge >= 0.3 is 0 Å². The van der Waals surface area contributed by atoms with E-state index in [1.165, 1.54) is 12.8 Å². The lowest BCUT2D eigenvalue weighted by Gasteiger charge is -2.11. The van der Waals surface area contributed by atoms with Crippen molar-refractivity contribution < 1.29 is 4.79 Å². The van der Waals surface area contributed by atoms with Crippen LogP contribution in [0.3, 0.4) is 0 Å². The van der Waals surface area contributed by atoms with Crippen LogP contribution in [-0.2, 0) is 0 Å². The maximum atomic E-state index is 11.7. The van der Waals surface area contributed by atoms with Gasteiger partial charge in [0.1, 0.15) is 5.69 Å². The Morgan fingerprint density at radius 1 is 1.47 bits per heavy atom. The standard InChI is InChI=1S/C11H15N3O/c12-8-5-6-13-10(7-8)11(15)14-9-3-1-2-4-9/h5-7,9H,1-4H2,(H2,12,13)(H,14,15). The fraction of sp³-hybridized carbons (Fsp3) is 0.455. The van der Waals surface area contributed by atoms with Gasteiger partial charge in [-0.25, -0.2) is 0 Å². The molecule has 1 aromatic heterocycles. The van der Waals surface area contributed by atoms with Gasteiger partial charge in [-0.05, 0) is 25.0 Å². The van der Waals surface area contributed by atoms with Gasteiger partial charge in [0.05, 0.1) is 0 Å². The minimum absolute atomic E-state index is 0.116. The topological polar surface area (TPSA) is 68.0 Å². The number of nitrogens with zero attached hydrogens (tertiary/aromatic N) is 1. The molecule has 1 saturated carbocycles. The lowest BCUT2D eigenvalue weighted by atomic mass is 10.2. The molecular weight excluding hydrogens is 190 g/mol. The monoisotopic (exact) mass is 205 g/mol. The summed E-state index contributed by atoms with van der Waals surface area (Å²) in [6, 6.07) is 3.59. The summed E-state index contributed by atoms with van der Waals surface area (Å²) in [6.45, 7) is 0. The molecule has 1 fully saturated rings. The van der Waals surface area contributed by atoms with E-state index in [9.17, 15) is 4.79 Å². The summed E-state index contributed by atoms with van der Waals surface area (Å²) in [4.78, 5) is 15.7. The zero-order chi connectivity index (χ0) is 10.7. The van der Waals surface area contributed by atoms with E-state index in [2.05, 4.69) is 10.3 Å². The van der Waals surface area contributed by atoms with Crippen LogP contribution in [-0.4, -0.2) is 16.9 Å². The van der Waals surface area contributed by atoms with Crippen molar-refractivity contribution in [1.82, 2.24) is 10.3 Å². The zero-order valence-corrected chi connectivity index (χ0v) is 8.57. The van der Waals surface area contributed by atoms with E-state index in [4.69, 9.17) is 5.73 Å². The predicted molar refractivity (Wildman–Crippen MR) is 58.4 cm³/mol. The van der Waals surface area contributed by atoms with Crippen LogP contribution in [0, 0.1) is 0 Å². The summed E-state index contributed by atoms with van der Waals surface area (Å²) in [5.41, 5.74) is 6.56. The second kappa shape index (κ2) is 4.29. The predicted octanol–water partition coefficient (Wildman–Crippen LogP) is 1.34. The number of carbonyl (C=O) groups is 1. The van der Waals surface area contributed by atoms with Gasteiger partial charge in [0.15, 0.2) is 0 Å². The Labute approximate surface area is 88.9 Å². The first kappa shape index (κ1) is 9.96. The number of rotatable bonds is 2. The highest BCUT2D eigenvalue weighted by molar-refractivity contribution is 5.93. The molecule has 0 aliphatic heterocycles. The third kappa shape index (κ3) is 2.46. The number of nitrogen functional groups attached to an aromatic ring is 1. The molecule has 1 heterocycles. The van der Waals surface area contributed by atoms with Gasteiger partial charge in [-0.3, -0.25) is 9.78 Å². The molecule has 0 spiro atoms. The van der Waals surface area contributed by atoms with Gasteiger partial charge < -0.3 is 11.1 Å². The molecule has 1 aliphatic rings. The molecule has 0 bridgehead atoms. The largest absolute Gasteiger partial charge is 0.399 e. The average Bonchev–Trinajstić information content (AvgIpc) is 2.70. The SMILES string of the molecule is Nc1ccnc(C(=O)NC2CCCC2)c1. The first-order valence-electron chi connectivity index (χ1n) is 5.28. The highest BCUT2D eigenvalue weighted by Gasteiger charge is 2.18. The number of hydrogen-bond donors (Lipinski definition) is 2.